The van der Waals surface area contributed by atoms with Gasteiger partial charge in [0.2, 0.25) is 0 Å². The molecular formula is C9H17NO. The summed E-state index contributed by atoms with van der Waals surface area (Å²) in [5.74, 6) is 0. The number of nitrogens with zero attached hydrogens (tertiary/aromatic N) is 1. The van der Waals surface area contributed by atoms with Gasteiger partial charge in [-0.3, -0.25) is 0 Å². The van der Waals surface area contributed by atoms with E-state index in [-0.39, 0.29) is 5.60 Å². The molecule has 0 aromatic carbocycles. The first-order chi connectivity index (χ1) is 5.29. The van der Waals surface area contributed by atoms with E-state index in [4.69, 9.17) is 0 Å². The van der Waals surface area contributed by atoms with E-state index >= 15 is 0 Å². The van der Waals surface area contributed by atoms with Crippen LogP contribution in [0.1, 0.15) is 32.1 Å². The summed E-state index contributed by atoms with van der Waals surface area (Å²) < 4.78 is 0. The van der Waals surface area contributed by atoms with Gasteiger partial charge >= 0.3 is 0 Å². The highest BCUT2D eigenvalue weighted by molar-refractivity contribution is 4.88. The molecule has 2 aliphatic rings. The fourth-order valence-electron chi connectivity index (χ4n) is 1.81. The van der Waals surface area contributed by atoms with Gasteiger partial charge in [-0.05, 0) is 45.2 Å². The Hall–Kier alpha value is -0.0800. The van der Waals surface area contributed by atoms with Crippen LogP contribution in [-0.2, 0) is 0 Å². The van der Waals surface area contributed by atoms with Gasteiger partial charge in [-0.2, -0.15) is 0 Å². The molecule has 1 aliphatic heterocycles. The van der Waals surface area contributed by atoms with Gasteiger partial charge in [-0.25, -0.2) is 0 Å². The molecule has 2 rings (SSSR count). The predicted molar refractivity (Wildman–Crippen MR) is 44.5 cm³/mol. The zero-order chi connectivity index (χ0) is 7.73. The van der Waals surface area contributed by atoms with Crippen molar-refractivity contribution in [2.45, 2.75) is 37.7 Å². The molecule has 0 unspecified atom stereocenters. The lowest BCUT2D eigenvalue weighted by atomic mass is 9.78. The van der Waals surface area contributed by atoms with E-state index in [1.54, 1.807) is 0 Å². The Morgan fingerprint density at radius 2 is 1.91 bits per heavy atom. The van der Waals surface area contributed by atoms with Crippen LogP contribution in [-0.4, -0.2) is 35.2 Å². The molecule has 11 heavy (non-hydrogen) atoms. The molecule has 1 N–H and O–H groups in total. The Kier molecular flexibility index (Phi) is 1.90. The van der Waals surface area contributed by atoms with Crippen LogP contribution in [0.2, 0.25) is 0 Å². The van der Waals surface area contributed by atoms with Crippen molar-refractivity contribution in [1.82, 2.24) is 4.90 Å². The minimum absolute atomic E-state index is 0.254. The first-order valence-corrected chi connectivity index (χ1v) is 4.73. The molecule has 1 heterocycles. The Labute approximate surface area is 68.2 Å². The summed E-state index contributed by atoms with van der Waals surface area (Å²) in [7, 11) is 0. The lowest BCUT2D eigenvalue weighted by Crippen LogP contribution is -2.44. The fraction of sp³-hybridized carbons (Fsp3) is 1.00. The molecule has 1 saturated heterocycles. The van der Waals surface area contributed by atoms with E-state index in [0.717, 1.165) is 25.8 Å². The molecule has 0 bridgehead atoms. The molecule has 2 heteroatoms. The van der Waals surface area contributed by atoms with Crippen molar-refractivity contribution in [1.29, 1.82) is 0 Å². The van der Waals surface area contributed by atoms with E-state index in [1.165, 1.54) is 25.9 Å². The average molecular weight is 155 g/mol. The molecule has 0 spiro atoms. The van der Waals surface area contributed by atoms with Crippen LogP contribution in [0.3, 0.4) is 0 Å². The fourth-order valence-corrected chi connectivity index (χ4v) is 1.81. The Morgan fingerprint density at radius 3 is 2.27 bits per heavy atom. The topological polar surface area (TPSA) is 23.5 Å². The summed E-state index contributed by atoms with van der Waals surface area (Å²) in [5, 5.41) is 9.75. The lowest BCUT2D eigenvalue weighted by Gasteiger charge is -2.40. The second-order valence-electron chi connectivity index (χ2n) is 4.02. The minimum atomic E-state index is -0.254. The summed E-state index contributed by atoms with van der Waals surface area (Å²) in [6.45, 7) is 3.64. The maximum atomic E-state index is 9.75. The number of likely N-dealkylation sites (tertiary alicyclic amines) is 1. The van der Waals surface area contributed by atoms with Crippen molar-refractivity contribution in [3.05, 3.63) is 0 Å². The summed E-state index contributed by atoms with van der Waals surface area (Å²) >= 11 is 0. The van der Waals surface area contributed by atoms with Crippen LogP contribution < -0.4 is 0 Å². The molecule has 0 atom stereocenters. The second kappa shape index (κ2) is 2.76. The van der Waals surface area contributed by atoms with Gasteiger partial charge in [-0.1, -0.05) is 0 Å². The first kappa shape index (κ1) is 7.56. The molecule has 2 fully saturated rings. The highest BCUT2D eigenvalue weighted by Crippen LogP contribution is 2.34. The van der Waals surface area contributed by atoms with Crippen molar-refractivity contribution in [3.63, 3.8) is 0 Å². The van der Waals surface area contributed by atoms with Crippen molar-refractivity contribution < 1.29 is 5.11 Å². The van der Waals surface area contributed by atoms with Crippen molar-refractivity contribution >= 4 is 0 Å². The summed E-state index contributed by atoms with van der Waals surface area (Å²) in [4.78, 5) is 2.43. The summed E-state index contributed by atoms with van der Waals surface area (Å²) in [6.07, 6.45) is 5.68. The lowest BCUT2D eigenvalue weighted by molar-refractivity contribution is -0.0496. The Bertz CT molecular complexity index is 138. The van der Waals surface area contributed by atoms with Gasteiger partial charge in [0.15, 0.2) is 0 Å². The maximum absolute atomic E-state index is 9.75. The molecule has 64 valence electrons. The number of hydrogen-bond acceptors (Lipinski definition) is 2. The van der Waals surface area contributed by atoms with E-state index < -0.39 is 0 Å². The molecule has 2 nitrogen and oxygen atoms in total. The number of aliphatic hydroxyl groups is 1. The SMILES string of the molecule is OC1(CCN2CCC2)CCC1. The number of rotatable bonds is 3. The third kappa shape index (κ3) is 1.57. The van der Waals surface area contributed by atoms with Crippen LogP contribution in [0.25, 0.3) is 0 Å². The highest BCUT2D eigenvalue weighted by atomic mass is 16.3. The number of hydrogen-bond donors (Lipinski definition) is 1. The van der Waals surface area contributed by atoms with E-state index in [9.17, 15) is 5.11 Å². The largest absolute Gasteiger partial charge is 0.390 e. The third-order valence-electron chi connectivity index (χ3n) is 3.13. The second-order valence-corrected chi connectivity index (χ2v) is 4.02. The third-order valence-corrected chi connectivity index (χ3v) is 3.13. The van der Waals surface area contributed by atoms with Gasteiger partial charge in [0.05, 0.1) is 5.60 Å². The van der Waals surface area contributed by atoms with Crippen LogP contribution in [0.4, 0.5) is 0 Å². The predicted octanol–water partition coefficient (Wildman–Crippen LogP) is 0.997. The van der Waals surface area contributed by atoms with E-state index in [2.05, 4.69) is 4.90 Å². The van der Waals surface area contributed by atoms with Crippen molar-refractivity contribution in [3.8, 4) is 0 Å². The summed E-state index contributed by atoms with van der Waals surface area (Å²) in [6, 6.07) is 0. The molecule has 1 saturated carbocycles. The Morgan fingerprint density at radius 1 is 1.18 bits per heavy atom. The zero-order valence-electron chi connectivity index (χ0n) is 7.05. The van der Waals surface area contributed by atoms with E-state index in [0.29, 0.717) is 0 Å². The van der Waals surface area contributed by atoms with Gasteiger partial charge in [0.1, 0.15) is 0 Å². The maximum Gasteiger partial charge on any atom is 0.0660 e. The molecule has 0 amide bonds. The smallest absolute Gasteiger partial charge is 0.0660 e. The van der Waals surface area contributed by atoms with Gasteiger partial charge < -0.3 is 10.0 Å². The summed E-state index contributed by atoms with van der Waals surface area (Å²) in [5.41, 5.74) is -0.254. The van der Waals surface area contributed by atoms with Gasteiger partial charge in [0, 0.05) is 6.54 Å². The molecule has 0 aromatic heterocycles. The van der Waals surface area contributed by atoms with Crippen LogP contribution in [0, 0.1) is 0 Å². The Balaban J connectivity index is 1.64. The highest BCUT2D eigenvalue weighted by Gasteiger charge is 2.34. The van der Waals surface area contributed by atoms with Crippen LogP contribution >= 0.6 is 0 Å². The van der Waals surface area contributed by atoms with Crippen LogP contribution in [0.5, 0.6) is 0 Å². The van der Waals surface area contributed by atoms with Crippen molar-refractivity contribution in [2.75, 3.05) is 19.6 Å². The van der Waals surface area contributed by atoms with E-state index in [1.807, 2.05) is 0 Å². The van der Waals surface area contributed by atoms with Gasteiger partial charge in [0.25, 0.3) is 0 Å². The quantitative estimate of drug-likeness (QED) is 0.657. The normalized spacial score (nSPS) is 29.2. The molecular weight excluding hydrogens is 138 g/mol. The molecule has 0 aromatic rings. The van der Waals surface area contributed by atoms with Gasteiger partial charge in [-0.15, -0.1) is 0 Å². The monoisotopic (exact) mass is 155 g/mol. The molecule has 0 radical (unpaired) electrons. The average Bonchev–Trinajstić information content (AvgIpc) is 1.81. The zero-order valence-corrected chi connectivity index (χ0v) is 7.05. The molecule has 1 aliphatic carbocycles. The minimum Gasteiger partial charge on any atom is -0.390 e. The first-order valence-electron chi connectivity index (χ1n) is 4.73. The van der Waals surface area contributed by atoms with Crippen molar-refractivity contribution in [2.24, 2.45) is 0 Å². The van der Waals surface area contributed by atoms with Crippen LogP contribution in [0.15, 0.2) is 0 Å². The standard InChI is InChI=1S/C9H17NO/c11-9(3-1-4-9)5-8-10-6-2-7-10/h11H,1-8H2.